The minimum atomic E-state index is 0.588. The van der Waals surface area contributed by atoms with Crippen LogP contribution >= 0.6 is 11.3 Å². The molecular weight excluding hydrogens is 216 g/mol. The van der Waals surface area contributed by atoms with E-state index in [1.807, 2.05) is 6.07 Å². The summed E-state index contributed by atoms with van der Waals surface area (Å²) >= 11 is 1.80. The number of fused-ring (bicyclic) bond motifs is 1. The van der Waals surface area contributed by atoms with Crippen LogP contribution in [0, 0.1) is 5.92 Å². The lowest BCUT2D eigenvalue weighted by Crippen LogP contribution is -2.16. The van der Waals surface area contributed by atoms with Crippen molar-refractivity contribution in [1.82, 2.24) is 4.98 Å². The summed E-state index contributed by atoms with van der Waals surface area (Å²) in [4.78, 5) is 4.65. The molecule has 2 N–H and O–H groups in total. The highest BCUT2D eigenvalue weighted by Crippen LogP contribution is 2.24. The fraction of sp³-hybridized carbons (Fsp3) is 0.462. The molecule has 1 aromatic carbocycles. The van der Waals surface area contributed by atoms with Gasteiger partial charge in [0, 0.05) is 6.42 Å². The zero-order valence-corrected chi connectivity index (χ0v) is 10.5. The molecule has 0 amide bonds. The van der Waals surface area contributed by atoms with Crippen LogP contribution in [0.25, 0.3) is 10.2 Å². The SMILES string of the molecule is CCCC(CN)Cc1nc2ccccc2s1. The molecule has 0 saturated carbocycles. The van der Waals surface area contributed by atoms with E-state index >= 15 is 0 Å². The molecule has 16 heavy (non-hydrogen) atoms. The Morgan fingerprint density at radius 2 is 2.19 bits per heavy atom. The first-order valence-electron chi connectivity index (χ1n) is 5.88. The van der Waals surface area contributed by atoms with E-state index in [9.17, 15) is 0 Å². The van der Waals surface area contributed by atoms with E-state index in [4.69, 9.17) is 5.73 Å². The molecule has 2 nitrogen and oxygen atoms in total. The maximum absolute atomic E-state index is 5.78. The first-order chi connectivity index (χ1) is 7.83. The highest BCUT2D eigenvalue weighted by Gasteiger charge is 2.10. The van der Waals surface area contributed by atoms with Gasteiger partial charge >= 0.3 is 0 Å². The molecule has 1 unspecified atom stereocenters. The lowest BCUT2D eigenvalue weighted by atomic mass is 10.0. The Kier molecular flexibility index (Phi) is 3.91. The van der Waals surface area contributed by atoms with Gasteiger partial charge in [0.15, 0.2) is 0 Å². The van der Waals surface area contributed by atoms with Gasteiger partial charge in [-0.3, -0.25) is 0 Å². The smallest absolute Gasteiger partial charge is 0.0941 e. The number of nitrogens with zero attached hydrogens (tertiary/aromatic N) is 1. The lowest BCUT2D eigenvalue weighted by molar-refractivity contribution is 0.487. The van der Waals surface area contributed by atoms with Gasteiger partial charge in [-0.25, -0.2) is 4.98 Å². The Morgan fingerprint density at radius 3 is 2.88 bits per heavy atom. The second kappa shape index (κ2) is 5.41. The third kappa shape index (κ3) is 2.60. The zero-order valence-electron chi connectivity index (χ0n) is 9.65. The number of aromatic nitrogens is 1. The van der Waals surface area contributed by atoms with Gasteiger partial charge in [0.1, 0.15) is 0 Å². The van der Waals surface area contributed by atoms with Gasteiger partial charge in [0.05, 0.1) is 15.2 Å². The molecule has 1 heterocycles. The lowest BCUT2D eigenvalue weighted by Gasteiger charge is -2.10. The normalized spacial score (nSPS) is 13.1. The van der Waals surface area contributed by atoms with Crippen LogP contribution in [0.4, 0.5) is 0 Å². The summed E-state index contributed by atoms with van der Waals surface area (Å²) in [7, 11) is 0. The summed E-state index contributed by atoms with van der Waals surface area (Å²) in [5.41, 5.74) is 6.90. The molecular formula is C13H18N2S. The Labute approximate surface area is 101 Å². The molecule has 0 spiro atoms. The average Bonchev–Trinajstić information content (AvgIpc) is 2.70. The van der Waals surface area contributed by atoms with Crippen molar-refractivity contribution in [2.75, 3.05) is 6.54 Å². The number of hydrogen-bond donors (Lipinski definition) is 1. The van der Waals surface area contributed by atoms with Crippen LogP contribution in [0.1, 0.15) is 24.8 Å². The Hall–Kier alpha value is -0.930. The van der Waals surface area contributed by atoms with Gasteiger partial charge in [-0.15, -0.1) is 11.3 Å². The molecule has 1 atom stereocenters. The fourth-order valence-corrected chi connectivity index (χ4v) is 3.05. The predicted octanol–water partition coefficient (Wildman–Crippen LogP) is 3.21. The molecule has 2 aromatic rings. The van der Waals surface area contributed by atoms with Crippen LogP contribution in [-0.2, 0) is 6.42 Å². The van der Waals surface area contributed by atoms with Gasteiger partial charge < -0.3 is 5.73 Å². The van der Waals surface area contributed by atoms with Crippen molar-refractivity contribution in [3.8, 4) is 0 Å². The van der Waals surface area contributed by atoms with Crippen LogP contribution < -0.4 is 5.73 Å². The Balaban J connectivity index is 2.14. The molecule has 0 bridgehead atoms. The van der Waals surface area contributed by atoms with Gasteiger partial charge in [0.2, 0.25) is 0 Å². The second-order valence-electron chi connectivity index (χ2n) is 4.17. The van der Waals surface area contributed by atoms with E-state index in [1.54, 1.807) is 11.3 Å². The molecule has 1 aromatic heterocycles. The number of nitrogens with two attached hydrogens (primary N) is 1. The second-order valence-corrected chi connectivity index (χ2v) is 5.29. The quantitative estimate of drug-likeness (QED) is 0.862. The van der Waals surface area contributed by atoms with Crippen LogP contribution in [0.5, 0.6) is 0 Å². The summed E-state index contributed by atoms with van der Waals surface area (Å²) in [5.74, 6) is 0.588. The number of para-hydroxylation sites is 1. The Bertz CT molecular complexity index is 417. The van der Waals surface area contributed by atoms with Crippen molar-refractivity contribution in [2.24, 2.45) is 11.7 Å². The van der Waals surface area contributed by atoms with Crippen LogP contribution in [0.2, 0.25) is 0 Å². The van der Waals surface area contributed by atoms with E-state index in [2.05, 4.69) is 30.1 Å². The van der Waals surface area contributed by atoms with Crippen molar-refractivity contribution in [1.29, 1.82) is 0 Å². The molecule has 0 saturated heterocycles. The van der Waals surface area contributed by atoms with Gasteiger partial charge in [0.25, 0.3) is 0 Å². The third-order valence-electron chi connectivity index (χ3n) is 2.83. The maximum Gasteiger partial charge on any atom is 0.0941 e. The van der Waals surface area contributed by atoms with Crippen molar-refractivity contribution in [3.63, 3.8) is 0 Å². The standard InChI is InChI=1S/C13H18N2S/c1-2-5-10(9-14)8-13-15-11-6-3-4-7-12(11)16-13/h3-4,6-7,10H,2,5,8-9,14H2,1H3. The van der Waals surface area contributed by atoms with Gasteiger partial charge in [-0.05, 0) is 31.0 Å². The van der Waals surface area contributed by atoms with Crippen LogP contribution in [0.15, 0.2) is 24.3 Å². The minimum absolute atomic E-state index is 0.588. The van der Waals surface area contributed by atoms with E-state index in [0.29, 0.717) is 5.92 Å². The number of rotatable bonds is 5. The van der Waals surface area contributed by atoms with E-state index in [0.717, 1.165) is 18.5 Å². The highest BCUT2D eigenvalue weighted by atomic mass is 32.1. The van der Waals surface area contributed by atoms with E-state index in [1.165, 1.54) is 22.5 Å². The first-order valence-corrected chi connectivity index (χ1v) is 6.69. The highest BCUT2D eigenvalue weighted by molar-refractivity contribution is 7.18. The molecule has 0 fully saturated rings. The molecule has 3 heteroatoms. The Morgan fingerprint density at radius 1 is 1.38 bits per heavy atom. The van der Waals surface area contributed by atoms with Crippen molar-refractivity contribution < 1.29 is 0 Å². The summed E-state index contributed by atoms with van der Waals surface area (Å²) in [6, 6.07) is 8.31. The van der Waals surface area contributed by atoms with E-state index < -0.39 is 0 Å². The molecule has 86 valence electrons. The number of benzene rings is 1. The van der Waals surface area contributed by atoms with Gasteiger partial charge in [-0.2, -0.15) is 0 Å². The third-order valence-corrected chi connectivity index (χ3v) is 3.89. The topological polar surface area (TPSA) is 38.9 Å². The number of hydrogen-bond acceptors (Lipinski definition) is 3. The molecule has 0 radical (unpaired) electrons. The average molecular weight is 234 g/mol. The summed E-state index contributed by atoms with van der Waals surface area (Å²) in [6.45, 7) is 2.98. The van der Waals surface area contributed by atoms with Gasteiger partial charge in [-0.1, -0.05) is 25.5 Å². The molecule has 0 aliphatic carbocycles. The monoisotopic (exact) mass is 234 g/mol. The van der Waals surface area contributed by atoms with Crippen molar-refractivity contribution in [3.05, 3.63) is 29.3 Å². The summed E-state index contributed by atoms with van der Waals surface area (Å²) in [5, 5.41) is 1.23. The zero-order chi connectivity index (χ0) is 11.4. The summed E-state index contributed by atoms with van der Waals surface area (Å²) < 4.78 is 1.28. The number of thiazole rings is 1. The molecule has 2 rings (SSSR count). The fourth-order valence-electron chi connectivity index (χ4n) is 1.97. The maximum atomic E-state index is 5.78. The molecule has 0 aliphatic heterocycles. The predicted molar refractivity (Wildman–Crippen MR) is 70.8 cm³/mol. The van der Waals surface area contributed by atoms with Crippen molar-refractivity contribution >= 4 is 21.6 Å². The van der Waals surface area contributed by atoms with Crippen LogP contribution in [-0.4, -0.2) is 11.5 Å². The largest absolute Gasteiger partial charge is 0.330 e. The van der Waals surface area contributed by atoms with E-state index in [-0.39, 0.29) is 0 Å². The molecule has 0 aliphatic rings. The summed E-state index contributed by atoms with van der Waals surface area (Å²) in [6.07, 6.45) is 3.43. The van der Waals surface area contributed by atoms with Crippen LogP contribution in [0.3, 0.4) is 0 Å². The first kappa shape index (κ1) is 11.6. The van der Waals surface area contributed by atoms with Crippen molar-refractivity contribution in [2.45, 2.75) is 26.2 Å². The minimum Gasteiger partial charge on any atom is -0.330 e.